The largest absolute Gasteiger partial charge is 0.465 e. The third-order valence-corrected chi connectivity index (χ3v) is 3.23. The first-order valence-corrected chi connectivity index (χ1v) is 5.61. The fourth-order valence-corrected chi connectivity index (χ4v) is 2.52. The van der Waals surface area contributed by atoms with E-state index in [1.807, 2.05) is 0 Å². The van der Waals surface area contributed by atoms with Gasteiger partial charge in [0.2, 0.25) is 0 Å². The topological polar surface area (TPSA) is 78.9 Å². The zero-order valence-electron chi connectivity index (χ0n) is 9.02. The zero-order chi connectivity index (χ0) is 11.5. The highest BCUT2D eigenvalue weighted by Gasteiger charge is 2.36. The number of carboxylic acid groups (broad SMARTS) is 1. The van der Waals surface area contributed by atoms with Gasteiger partial charge in [0, 0.05) is 0 Å². The Kier molecular flexibility index (Phi) is 3.17. The van der Waals surface area contributed by atoms with Crippen LogP contribution in [0, 0.1) is 0 Å². The van der Waals surface area contributed by atoms with Crippen LogP contribution in [-0.2, 0) is 4.74 Å². The minimum Gasteiger partial charge on any atom is -0.465 e. The SMILES string of the molecule is O=C(O)N[C@@H]1CCCC[C@H]1N1CCOC1=O. The van der Waals surface area contributed by atoms with Crippen molar-refractivity contribution in [2.24, 2.45) is 0 Å². The summed E-state index contributed by atoms with van der Waals surface area (Å²) in [4.78, 5) is 23.7. The summed E-state index contributed by atoms with van der Waals surface area (Å²) < 4.78 is 4.88. The number of amides is 2. The molecular formula is C10H16N2O4. The van der Waals surface area contributed by atoms with Crippen LogP contribution in [0.5, 0.6) is 0 Å². The van der Waals surface area contributed by atoms with Gasteiger partial charge < -0.3 is 15.2 Å². The summed E-state index contributed by atoms with van der Waals surface area (Å²) in [6.07, 6.45) is 2.34. The summed E-state index contributed by atoms with van der Waals surface area (Å²) in [5.41, 5.74) is 0. The van der Waals surface area contributed by atoms with Gasteiger partial charge in [-0.15, -0.1) is 0 Å². The highest BCUT2D eigenvalue weighted by atomic mass is 16.6. The first-order chi connectivity index (χ1) is 7.68. The quantitative estimate of drug-likeness (QED) is 0.739. The minimum absolute atomic E-state index is 0.0418. The molecule has 1 saturated carbocycles. The molecule has 2 fully saturated rings. The van der Waals surface area contributed by atoms with Crippen LogP contribution in [0.3, 0.4) is 0 Å². The molecule has 2 amide bonds. The summed E-state index contributed by atoms with van der Waals surface area (Å²) in [7, 11) is 0. The maximum Gasteiger partial charge on any atom is 0.410 e. The monoisotopic (exact) mass is 228 g/mol. The summed E-state index contributed by atoms with van der Waals surface area (Å²) in [5.74, 6) is 0. The molecule has 0 unspecified atom stereocenters. The molecular weight excluding hydrogens is 212 g/mol. The zero-order valence-corrected chi connectivity index (χ0v) is 9.02. The van der Waals surface area contributed by atoms with Crippen molar-refractivity contribution in [3.63, 3.8) is 0 Å². The number of nitrogens with zero attached hydrogens (tertiary/aromatic N) is 1. The molecule has 1 saturated heterocycles. The van der Waals surface area contributed by atoms with E-state index in [4.69, 9.17) is 9.84 Å². The molecule has 0 aromatic carbocycles. The molecule has 2 atom stereocenters. The lowest BCUT2D eigenvalue weighted by molar-refractivity contribution is 0.122. The van der Waals surface area contributed by atoms with Gasteiger partial charge in [-0.2, -0.15) is 0 Å². The fraction of sp³-hybridized carbons (Fsp3) is 0.800. The summed E-state index contributed by atoms with van der Waals surface area (Å²) in [6, 6.07) is -0.197. The van der Waals surface area contributed by atoms with Gasteiger partial charge in [0.05, 0.1) is 18.6 Å². The van der Waals surface area contributed by atoms with Gasteiger partial charge >= 0.3 is 12.2 Å². The van der Waals surface area contributed by atoms with E-state index in [0.717, 1.165) is 25.7 Å². The van der Waals surface area contributed by atoms with E-state index in [9.17, 15) is 9.59 Å². The molecule has 1 heterocycles. The van der Waals surface area contributed by atoms with E-state index in [0.29, 0.717) is 13.2 Å². The van der Waals surface area contributed by atoms with Gasteiger partial charge in [-0.25, -0.2) is 9.59 Å². The van der Waals surface area contributed by atoms with Crippen molar-refractivity contribution in [1.82, 2.24) is 10.2 Å². The molecule has 0 bridgehead atoms. The Balaban J connectivity index is 2.03. The third-order valence-electron chi connectivity index (χ3n) is 3.23. The van der Waals surface area contributed by atoms with E-state index in [2.05, 4.69) is 5.32 Å². The van der Waals surface area contributed by atoms with Gasteiger partial charge in [0.1, 0.15) is 6.61 Å². The lowest BCUT2D eigenvalue weighted by atomic mass is 9.89. The van der Waals surface area contributed by atoms with Crippen LogP contribution in [-0.4, -0.2) is 47.4 Å². The highest BCUT2D eigenvalue weighted by Crippen LogP contribution is 2.25. The predicted octanol–water partition coefficient (Wildman–Crippen LogP) is 1.02. The molecule has 16 heavy (non-hydrogen) atoms. The molecule has 6 heteroatoms. The molecule has 2 aliphatic rings. The van der Waals surface area contributed by atoms with E-state index in [-0.39, 0.29) is 18.2 Å². The lowest BCUT2D eigenvalue weighted by Gasteiger charge is -2.36. The van der Waals surface area contributed by atoms with Crippen molar-refractivity contribution >= 4 is 12.2 Å². The van der Waals surface area contributed by atoms with Crippen LogP contribution in [0.2, 0.25) is 0 Å². The number of carbonyl (C=O) groups is 2. The molecule has 2 rings (SSSR count). The molecule has 0 radical (unpaired) electrons. The molecule has 1 aliphatic carbocycles. The number of hydrogen-bond acceptors (Lipinski definition) is 3. The van der Waals surface area contributed by atoms with Crippen molar-refractivity contribution in [1.29, 1.82) is 0 Å². The van der Waals surface area contributed by atoms with Gasteiger partial charge in [0.25, 0.3) is 0 Å². The van der Waals surface area contributed by atoms with Crippen molar-refractivity contribution in [3.8, 4) is 0 Å². The normalized spacial score (nSPS) is 30.0. The van der Waals surface area contributed by atoms with Crippen LogP contribution >= 0.6 is 0 Å². The van der Waals surface area contributed by atoms with E-state index in [1.54, 1.807) is 4.90 Å². The van der Waals surface area contributed by atoms with Gasteiger partial charge in [0.15, 0.2) is 0 Å². The van der Waals surface area contributed by atoms with Crippen molar-refractivity contribution in [2.45, 2.75) is 37.8 Å². The van der Waals surface area contributed by atoms with E-state index in [1.165, 1.54) is 0 Å². The van der Waals surface area contributed by atoms with Crippen LogP contribution in [0.25, 0.3) is 0 Å². The van der Waals surface area contributed by atoms with Gasteiger partial charge in [-0.3, -0.25) is 4.90 Å². The average Bonchev–Trinajstić information content (AvgIpc) is 2.64. The Morgan fingerprint density at radius 2 is 2.19 bits per heavy atom. The second-order valence-electron chi connectivity index (χ2n) is 4.22. The summed E-state index contributed by atoms with van der Waals surface area (Å²) >= 11 is 0. The number of carbonyl (C=O) groups excluding carboxylic acids is 1. The number of ether oxygens (including phenoxy) is 1. The molecule has 0 spiro atoms. The molecule has 6 nitrogen and oxygen atoms in total. The van der Waals surface area contributed by atoms with Crippen LogP contribution in [0.1, 0.15) is 25.7 Å². The fourth-order valence-electron chi connectivity index (χ4n) is 2.52. The first-order valence-electron chi connectivity index (χ1n) is 5.61. The van der Waals surface area contributed by atoms with Crippen LogP contribution in [0.4, 0.5) is 9.59 Å². The minimum atomic E-state index is -1.02. The Labute approximate surface area is 93.6 Å². The van der Waals surface area contributed by atoms with Gasteiger partial charge in [-0.1, -0.05) is 12.8 Å². The second kappa shape index (κ2) is 4.59. The summed E-state index contributed by atoms with van der Waals surface area (Å²) in [6.45, 7) is 0.983. The van der Waals surface area contributed by atoms with Crippen LogP contribution < -0.4 is 5.32 Å². The maximum absolute atomic E-state index is 11.4. The van der Waals surface area contributed by atoms with Crippen molar-refractivity contribution in [3.05, 3.63) is 0 Å². The number of rotatable bonds is 2. The maximum atomic E-state index is 11.4. The number of hydrogen-bond donors (Lipinski definition) is 2. The van der Waals surface area contributed by atoms with E-state index >= 15 is 0 Å². The Bertz CT molecular complexity index is 295. The van der Waals surface area contributed by atoms with Gasteiger partial charge in [-0.05, 0) is 12.8 Å². The van der Waals surface area contributed by atoms with Crippen molar-refractivity contribution in [2.75, 3.05) is 13.2 Å². The second-order valence-corrected chi connectivity index (χ2v) is 4.22. The summed E-state index contributed by atoms with van der Waals surface area (Å²) in [5, 5.41) is 11.2. The predicted molar refractivity (Wildman–Crippen MR) is 55.3 cm³/mol. The molecule has 2 N–H and O–H groups in total. The molecule has 90 valence electrons. The Morgan fingerprint density at radius 3 is 2.81 bits per heavy atom. The smallest absolute Gasteiger partial charge is 0.410 e. The third kappa shape index (κ3) is 2.20. The molecule has 1 aliphatic heterocycles. The first kappa shape index (κ1) is 11.0. The van der Waals surface area contributed by atoms with Crippen molar-refractivity contribution < 1.29 is 19.4 Å². The lowest BCUT2D eigenvalue weighted by Crippen LogP contribution is -2.53. The molecule has 0 aromatic heterocycles. The standard InChI is InChI=1S/C10H16N2O4/c13-9(14)11-7-3-1-2-4-8(7)12-5-6-16-10(12)15/h7-8,11H,1-6H2,(H,13,14)/t7-,8-/m1/s1. The average molecular weight is 228 g/mol. The Morgan fingerprint density at radius 1 is 1.44 bits per heavy atom. The highest BCUT2D eigenvalue weighted by molar-refractivity contribution is 5.70. The number of nitrogens with one attached hydrogen (secondary N) is 1. The van der Waals surface area contributed by atoms with Crippen LogP contribution in [0.15, 0.2) is 0 Å². The molecule has 0 aromatic rings. The van der Waals surface area contributed by atoms with E-state index < -0.39 is 6.09 Å². The Hall–Kier alpha value is -1.46. The number of cyclic esters (lactones) is 1.